The molecule has 0 N–H and O–H groups in total. The van der Waals surface area contributed by atoms with Crippen molar-refractivity contribution >= 4 is 0 Å². The molecule has 124 valence electrons. The summed E-state index contributed by atoms with van der Waals surface area (Å²) in [6.07, 6.45) is 20.1. The topological polar surface area (TPSA) is 0 Å². The minimum Gasteiger partial charge on any atom is -0.0914 e. The van der Waals surface area contributed by atoms with Crippen LogP contribution in [0.15, 0.2) is 12.2 Å². The number of hydrogen-bond acceptors (Lipinski definition) is 0. The van der Waals surface area contributed by atoms with Gasteiger partial charge >= 0.3 is 0 Å². The number of rotatable bonds is 1. The van der Waals surface area contributed by atoms with Crippen LogP contribution in [0.3, 0.4) is 0 Å². The molecule has 7 atom stereocenters. The molecule has 4 aliphatic carbocycles. The van der Waals surface area contributed by atoms with Gasteiger partial charge in [0, 0.05) is 0 Å². The first kappa shape index (κ1) is 15.3. The average molecular weight is 301 g/mol. The third kappa shape index (κ3) is 2.01. The Morgan fingerprint density at radius 2 is 1.59 bits per heavy atom. The summed E-state index contributed by atoms with van der Waals surface area (Å²) in [5.41, 5.74) is 1.34. The SMILES string of the molecule is CC=C[C@H]1CC[C@H]2[C@@H]3CCC4CCCC[C@]4(C)[C@H]3CC[C@]12C. The molecule has 0 bridgehead atoms. The molecule has 0 radical (unpaired) electrons. The first-order valence-electron chi connectivity index (χ1n) is 10.2. The highest BCUT2D eigenvalue weighted by Crippen LogP contribution is 2.67. The molecule has 4 fully saturated rings. The Hall–Kier alpha value is -0.260. The molecule has 0 amide bonds. The number of hydrogen-bond donors (Lipinski definition) is 0. The summed E-state index contributed by atoms with van der Waals surface area (Å²) in [7, 11) is 0. The Bertz CT molecular complexity index is 449. The third-order valence-corrected chi connectivity index (χ3v) is 9.08. The van der Waals surface area contributed by atoms with Crippen LogP contribution in [0, 0.1) is 40.4 Å². The summed E-state index contributed by atoms with van der Waals surface area (Å²) in [5, 5.41) is 0. The summed E-state index contributed by atoms with van der Waals surface area (Å²) in [4.78, 5) is 0. The molecule has 22 heavy (non-hydrogen) atoms. The molecule has 0 heterocycles. The van der Waals surface area contributed by atoms with E-state index in [9.17, 15) is 0 Å². The Balaban J connectivity index is 1.62. The van der Waals surface area contributed by atoms with Gasteiger partial charge in [0.2, 0.25) is 0 Å². The van der Waals surface area contributed by atoms with Crippen LogP contribution in [-0.2, 0) is 0 Å². The molecule has 0 aliphatic heterocycles. The second-order valence-electron chi connectivity index (χ2n) is 9.66. The minimum atomic E-state index is 0.630. The molecule has 0 aromatic rings. The van der Waals surface area contributed by atoms with E-state index in [0.29, 0.717) is 10.8 Å². The van der Waals surface area contributed by atoms with E-state index < -0.39 is 0 Å². The molecule has 0 spiro atoms. The molecule has 4 rings (SSSR count). The van der Waals surface area contributed by atoms with Gasteiger partial charge in [-0.3, -0.25) is 0 Å². The van der Waals surface area contributed by atoms with Crippen LogP contribution in [0.4, 0.5) is 0 Å². The molecule has 0 aromatic carbocycles. The van der Waals surface area contributed by atoms with Gasteiger partial charge in [-0.15, -0.1) is 0 Å². The largest absolute Gasteiger partial charge is 0.0914 e. The Morgan fingerprint density at radius 3 is 2.41 bits per heavy atom. The summed E-state index contributed by atoms with van der Waals surface area (Å²) in [5.74, 6) is 5.11. The highest BCUT2D eigenvalue weighted by Gasteiger charge is 2.59. The molecule has 0 heteroatoms. The zero-order valence-electron chi connectivity index (χ0n) is 15.1. The maximum absolute atomic E-state index is 2.70. The summed E-state index contributed by atoms with van der Waals surface area (Å²) in [6, 6.07) is 0. The summed E-state index contributed by atoms with van der Waals surface area (Å²) >= 11 is 0. The van der Waals surface area contributed by atoms with Crippen LogP contribution in [0.1, 0.15) is 85.0 Å². The van der Waals surface area contributed by atoms with Crippen LogP contribution in [-0.4, -0.2) is 0 Å². The van der Waals surface area contributed by atoms with Gasteiger partial charge in [0.25, 0.3) is 0 Å². The molecular weight excluding hydrogens is 264 g/mol. The van der Waals surface area contributed by atoms with E-state index in [1.54, 1.807) is 32.1 Å². The first-order valence-corrected chi connectivity index (χ1v) is 10.2. The van der Waals surface area contributed by atoms with Gasteiger partial charge in [-0.1, -0.05) is 38.8 Å². The van der Waals surface area contributed by atoms with E-state index in [4.69, 9.17) is 0 Å². The zero-order valence-corrected chi connectivity index (χ0v) is 15.1. The van der Waals surface area contributed by atoms with Crippen molar-refractivity contribution in [3.63, 3.8) is 0 Å². The molecule has 0 nitrogen and oxygen atoms in total. The van der Waals surface area contributed by atoms with Gasteiger partial charge in [-0.05, 0) is 98.7 Å². The van der Waals surface area contributed by atoms with Crippen molar-refractivity contribution < 1.29 is 0 Å². The van der Waals surface area contributed by atoms with Crippen molar-refractivity contribution in [1.29, 1.82) is 0 Å². The van der Waals surface area contributed by atoms with Crippen LogP contribution >= 0.6 is 0 Å². The molecular formula is C22H36. The second-order valence-corrected chi connectivity index (χ2v) is 9.66. The van der Waals surface area contributed by atoms with E-state index in [2.05, 4.69) is 32.9 Å². The fourth-order valence-corrected chi connectivity index (χ4v) is 7.88. The van der Waals surface area contributed by atoms with Crippen LogP contribution in [0.5, 0.6) is 0 Å². The van der Waals surface area contributed by atoms with E-state index in [1.807, 2.05) is 0 Å². The Labute approximate surface area is 138 Å². The Morgan fingerprint density at radius 1 is 0.773 bits per heavy atom. The lowest BCUT2D eigenvalue weighted by molar-refractivity contribution is -0.107. The minimum absolute atomic E-state index is 0.630. The van der Waals surface area contributed by atoms with Crippen molar-refractivity contribution in [3.8, 4) is 0 Å². The first-order chi connectivity index (χ1) is 10.6. The summed E-state index contributed by atoms with van der Waals surface area (Å²) < 4.78 is 0. The highest BCUT2D eigenvalue weighted by molar-refractivity contribution is 5.11. The maximum Gasteiger partial charge on any atom is -0.0177 e. The van der Waals surface area contributed by atoms with Crippen LogP contribution in [0.2, 0.25) is 0 Å². The predicted octanol–water partition coefficient (Wildman–Crippen LogP) is 6.61. The van der Waals surface area contributed by atoms with Crippen molar-refractivity contribution in [1.82, 2.24) is 0 Å². The van der Waals surface area contributed by atoms with Gasteiger partial charge in [-0.25, -0.2) is 0 Å². The van der Waals surface area contributed by atoms with Crippen molar-refractivity contribution in [2.24, 2.45) is 40.4 Å². The normalized spacial score (nSPS) is 54.8. The highest BCUT2D eigenvalue weighted by atomic mass is 14.6. The maximum atomic E-state index is 2.70. The van der Waals surface area contributed by atoms with Gasteiger partial charge in [0.15, 0.2) is 0 Å². The van der Waals surface area contributed by atoms with Crippen molar-refractivity contribution in [2.45, 2.75) is 85.0 Å². The Kier molecular flexibility index (Phi) is 3.74. The van der Waals surface area contributed by atoms with E-state index in [0.717, 1.165) is 29.6 Å². The zero-order chi connectivity index (χ0) is 15.4. The van der Waals surface area contributed by atoms with Gasteiger partial charge in [0.05, 0.1) is 0 Å². The fourth-order valence-electron chi connectivity index (χ4n) is 7.88. The fraction of sp³-hybridized carbons (Fsp3) is 0.909. The van der Waals surface area contributed by atoms with E-state index in [1.165, 1.54) is 32.1 Å². The molecule has 1 unspecified atom stereocenters. The van der Waals surface area contributed by atoms with Crippen LogP contribution in [0.25, 0.3) is 0 Å². The van der Waals surface area contributed by atoms with Crippen LogP contribution < -0.4 is 0 Å². The van der Waals surface area contributed by atoms with E-state index in [-0.39, 0.29) is 0 Å². The smallest absolute Gasteiger partial charge is 0.0177 e. The number of fused-ring (bicyclic) bond motifs is 5. The average Bonchev–Trinajstić information content (AvgIpc) is 2.84. The lowest BCUT2D eigenvalue weighted by Crippen LogP contribution is -2.52. The van der Waals surface area contributed by atoms with Gasteiger partial charge in [0.1, 0.15) is 0 Å². The van der Waals surface area contributed by atoms with E-state index >= 15 is 0 Å². The molecule has 0 aromatic heterocycles. The standard InChI is InChI=1S/C22H36/c1-4-7-16-10-12-19-18-11-9-17-8-5-6-14-21(17,2)20(18)13-15-22(16,19)3/h4,7,16-20H,5-6,8-15H2,1-3H3/t16-,17?,18-,19-,20-,21-,22+/m0/s1. The lowest BCUT2D eigenvalue weighted by Gasteiger charge is -2.60. The second kappa shape index (κ2) is 5.38. The molecule has 0 saturated heterocycles. The predicted molar refractivity (Wildman–Crippen MR) is 94.6 cm³/mol. The van der Waals surface area contributed by atoms with Gasteiger partial charge in [-0.2, -0.15) is 0 Å². The summed E-state index contributed by atoms with van der Waals surface area (Å²) in [6.45, 7) is 7.58. The molecule has 4 saturated carbocycles. The van der Waals surface area contributed by atoms with Crippen molar-refractivity contribution in [3.05, 3.63) is 12.2 Å². The number of allylic oxidation sites excluding steroid dienone is 2. The van der Waals surface area contributed by atoms with Gasteiger partial charge < -0.3 is 0 Å². The monoisotopic (exact) mass is 300 g/mol. The van der Waals surface area contributed by atoms with Crippen molar-refractivity contribution in [2.75, 3.05) is 0 Å². The molecule has 4 aliphatic rings. The lowest BCUT2D eigenvalue weighted by atomic mass is 9.45. The quantitative estimate of drug-likeness (QED) is 0.478. The third-order valence-electron chi connectivity index (χ3n) is 9.08.